The van der Waals surface area contributed by atoms with Crippen molar-refractivity contribution in [1.29, 1.82) is 0 Å². The van der Waals surface area contributed by atoms with Gasteiger partial charge in [-0.05, 0) is 57.7 Å². The standard InChI is InChI=1S/C15H25FN4/c1-11-9-12(5-6-13(11)16)15(18-17)14-10-19(2)7-4-8-20(14)3/h5-6,9,14-15,18H,4,7-8,10,17H2,1-3H3. The summed E-state index contributed by atoms with van der Waals surface area (Å²) in [6.07, 6.45) is 1.16. The molecule has 0 aromatic heterocycles. The van der Waals surface area contributed by atoms with Gasteiger partial charge in [0.2, 0.25) is 0 Å². The number of nitrogens with two attached hydrogens (primary N) is 1. The van der Waals surface area contributed by atoms with E-state index in [1.807, 2.05) is 12.1 Å². The van der Waals surface area contributed by atoms with Crippen LogP contribution in [-0.2, 0) is 0 Å². The van der Waals surface area contributed by atoms with E-state index in [0.29, 0.717) is 5.56 Å². The van der Waals surface area contributed by atoms with E-state index in [4.69, 9.17) is 5.84 Å². The smallest absolute Gasteiger partial charge is 0.126 e. The largest absolute Gasteiger partial charge is 0.305 e. The molecule has 5 heteroatoms. The molecule has 0 spiro atoms. The van der Waals surface area contributed by atoms with Crippen molar-refractivity contribution in [2.45, 2.75) is 25.4 Å². The zero-order chi connectivity index (χ0) is 14.7. The van der Waals surface area contributed by atoms with Gasteiger partial charge in [-0.15, -0.1) is 0 Å². The Labute approximate surface area is 120 Å². The molecule has 1 aromatic rings. The Morgan fingerprint density at radius 1 is 1.35 bits per heavy atom. The van der Waals surface area contributed by atoms with E-state index in [1.165, 1.54) is 6.07 Å². The molecule has 1 fully saturated rings. The van der Waals surface area contributed by atoms with Crippen molar-refractivity contribution in [2.75, 3.05) is 33.7 Å². The predicted molar refractivity (Wildman–Crippen MR) is 79.7 cm³/mol. The molecule has 0 saturated carbocycles. The van der Waals surface area contributed by atoms with Crippen LogP contribution in [0.5, 0.6) is 0 Å². The molecule has 1 aliphatic heterocycles. The van der Waals surface area contributed by atoms with Gasteiger partial charge in [-0.1, -0.05) is 12.1 Å². The van der Waals surface area contributed by atoms with E-state index in [2.05, 4.69) is 29.3 Å². The molecule has 2 atom stereocenters. The van der Waals surface area contributed by atoms with Gasteiger partial charge in [-0.2, -0.15) is 0 Å². The Bertz CT molecular complexity index is 451. The van der Waals surface area contributed by atoms with Crippen LogP contribution < -0.4 is 11.3 Å². The molecule has 20 heavy (non-hydrogen) atoms. The van der Waals surface area contributed by atoms with Crippen LogP contribution in [0.25, 0.3) is 0 Å². The summed E-state index contributed by atoms with van der Waals surface area (Å²) in [5.74, 6) is 5.62. The fourth-order valence-corrected chi connectivity index (χ4v) is 2.96. The Balaban J connectivity index is 2.27. The summed E-state index contributed by atoms with van der Waals surface area (Å²) >= 11 is 0. The maximum atomic E-state index is 13.4. The summed E-state index contributed by atoms with van der Waals surface area (Å²) in [6.45, 7) is 4.88. The molecule has 1 heterocycles. The van der Waals surface area contributed by atoms with E-state index in [1.54, 1.807) is 6.92 Å². The number of rotatable bonds is 3. The van der Waals surface area contributed by atoms with Crippen molar-refractivity contribution < 1.29 is 4.39 Å². The Kier molecular flexibility index (Phi) is 5.10. The average molecular weight is 280 g/mol. The van der Waals surface area contributed by atoms with Crippen molar-refractivity contribution in [3.05, 3.63) is 35.1 Å². The van der Waals surface area contributed by atoms with Gasteiger partial charge in [0, 0.05) is 12.6 Å². The Morgan fingerprint density at radius 2 is 2.10 bits per heavy atom. The number of likely N-dealkylation sites (N-methyl/N-ethyl adjacent to an activating group) is 2. The molecule has 1 saturated heterocycles. The highest BCUT2D eigenvalue weighted by atomic mass is 19.1. The third-order valence-corrected chi connectivity index (χ3v) is 4.22. The molecule has 0 radical (unpaired) electrons. The van der Waals surface area contributed by atoms with E-state index >= 15 is 0 Å². The Morgan fingerprint density at radius 3 is 2.75 bits per heavy atom. The van der Waals surface area contributed by atoms with E-state index in [0.717, 1.165) is 31.6 Å². The predicted octanol–water partition coefficient (Wildman–Crippen LogP) is 1.27. The zero-order valence-electron chi connectivity index (χ0n) is 12.6. The van der Waals surface area contributed by atoms with Crippen molar-refractivity contribution in [3.63, 3.8) is 0 Å². The van der Waals surface area contributed by atoms with Gasteiger partial charge >= 0.3 is 0 Å². The number of hydrogen-bond donors (Lipinski definition) is 2. The van der Waals surface area contributed by atoms with Crippen LogP contribution in [0.3, 0.4) is 0 Å². The first-order valence-electron chi connectivity index (χ1n) is 7.14. The molecular formula is C15H25FN4. The van der Waals surface area contributed by atoms with Crippen LogP contribution in [0, 0.1) is 12.7 Å². The normalized spacial score (nSPS) is 23.6. The number of benzene rings is 1. The SMILES string of the molecule is Cc1cc(C(NN)C2CN(C)CCCN2C)ccc1F. The van der Waals surface area contributed by atoms with Gasteiger partial charge in [0.1, 0.15) is 5.82 Å². The number of nitrogens with one attached hydrogen (secondary N) is 1. The van der Waals surface area contributed by atoms with Crippen molar-refractivity contribution in [2.24, 2.45) is 5.84 Å². The lowest BCUT2D eigenvalue weighted by Gasteiger charge is -2.34. The molecule has 2 unspecified atom stereocenters. The lowest BCUT2D eigenvalue weighted by molar-refractivity contribution is 0.178. The highest BCUT2D eigenvalue weighted by Crippen LogP contribution is 2.24. The molecule has 1 aromatic carbocycles. The summed E-state index contributed by atoms with van der Waals surface area (Å²) in [5, 5.41) is 0. The topological polar surface area (TPSA) is 44.5 Å². The zero-order valence-corrected chi connectivity index (χ0v) is 12.6. The maximum absolute atomic E-state index is 13.4. The molecule has 4 nitrogen and oxygen atoms in total. The fraction of sp³-hybridized carbons (Fsp3) is 0.600. The number of nitrogens with zero attached hydrogens (tertiary/aromatic N) is 2. The lowest BCUT2D eigenvalue weighted by atomic mass is 9.97. The van der Waals surface area contributed by atoms with Crippen molar-refractivity contribution in [1.82, 2.24) is 15.2 Å². The van der Waals surface area contributed by atoms with Crippen LogP contribution in [0.1, 0.15) is 23.6 Å². The Hall–Kier alpha value is -1.01. The van der Waals surface area contributed by atoms with Crippen LogP contribution in [0.2, 0.25) is 0 Å². The molecule has 1 aliphatic rings. The molecule has 0 aliphatic carbocycles. The lowest BCUT2D eigenvalue weighted by Crippen LogP contribution is -2.48. The average Bonchev–Trinajstić information content (AvgIpc) is 2.57. The highest BCUT2D eigenvalue weighted by molar-refractivity contribution is 5.27. The minimum atomic E-state index is -0.170. The third kappa shape index (κ3) is 3.35. The first-order chi connectivity index (χ1) is 9.52. The number of hydrazine groups is 1. The van der Waals surface area contributed by atoms with E-state index in [9.17, 15) is 4.39 Å². The monoisotopic (exact) mass is 280 g/mol. The van der Waals surface area contributed by atoms with E-state index in [-0.39, 0.29) is 17.9 Å². The van der Waals surface area contributed by atoms with Gasteiger partial charge in [-0.3, -0.25) is 11.3 Å². The van der Waals surface area contributed by atoms with Crippen LogP contribution in [-0.4, -0.2) is 49.6 Å². The molecule has 0 bridgehead atoms. The minimum absolute atomic E-state index is 0.000139. The first kappa shape index (κ1) is 15.4. The molecular weight excluding hydrogens is 255 g/mol. The third-order valence-electron chi connectivity index (χ3n) is 4.22. The van der Waals surface area contributed by atoms with Gasteiger partial charge in [-0.25, -0.2) is 4.39 Å². The van der Waals surface area contributed by atoms with E-state index < -0.39 is 0 Å². The molecule has 112 valence electrons. The summed E-state index contributed by atoms with van der Waals surface area (Å²) in [4.78, 5) is 4.67. The number of halogens is 1. The number of hydrogen-bond acceptors (Lipinski definition) is 4. The summed E-state index contributed by atoms with van der Waals surface area (Å²) in [7, 11) is 4.26. The van der Waals surface area contributed by atoms with Crippen LogP contribution in [0.4, 0.5) is 4.39 Å². The first-order valence-corrected chi connectivity index (χ1v) is 7.14. The van der Waals surface area contributed by atoms with Gasteiger partial charge in [0.05, 0.1) is 6.04 Å². The van der Waals surface area contributed by atoms with Gasteiger partial charge in [0.25, 0.3) is 0 Å². The van der Waals surface area contributed by atoms with Crippen molar-refractivity contribution in [3.8, 4) is 0 Å². The van der Waals surface area contributed by atoms with Gasteiger partial charge < -0.3 is 9.80 Å². The molecule has 3 N–H and O–H groups in total. The minimum Gasteiger partial charge on any atom is -0.305 e. The summed E-state index contributed by atoms with van der Waals surface area (Å²) < 4.78 is 13.4. The second-order valence-corrected chi connectivity index (χ2v) is 5.82. The van der Waals surface area contributed by atoms with Crippen molar-refractivity contribution >= 4 is 0 Å². The summed E-state index contributed by atoms with van der Waals surface area (Å²) in [6, 6.07) is 5.51. The molecule has 2 rings (SSSR count). The second kappa shape index (κ2) is 6.63. The number of aryl methyl sites for hydroxylation is 1. The quantitative estimate of drug-likeness (QED) is 0.646. The molecule has 0 amide bonds. The highest BCUT2D eigenvalue weighted by Gasteiger charge is 2.29. The van der Waals surface area contributed by atoms with Gasteiger partial charge in [0.15, 0.2) is 0 Å². The second-order valence-electron chi connectivity index (χ2n) is 5.82. The summed E-state index contributed by atoms with van der Waals surface area (Å²) in [5.41, 5.74) is 4.62. The fourth-order valence-electron chi connectivity index (χ4n) is 2.96. The van der Waals surface area contributed by atoms with Crippen LogP contribution >= 0.6 is 0 Å². The van der Waals surface area contributed by atoms with Crippen LogP contribution in [0.15, 0.2) is 18.2 Å². The maximum Gasteiger partial charge on any atom is 0.126 e.